The molecule has 1 aliphatic rings. The molecule has 3 atom stereocenters. The Kier molecular flexibility index (Phi) is 10.0. The molecule has 0 aromatic rings. The fraction of sp³-hybridized carbons (Fsp3) is 0.727. The van der Waals surface area contributed by atoms with E-state index in [1.54, 1.807) is 14.0 Å². The van der Waals surface area contributed by atoms with Crippen LogP contribution in [0.15, 0.2) is 12.3 Å². The zero-order valence-electron chi connectivity index (χ0n) is 18.9. The van der Waals surface area contributed by atoms with Gasteiger partial charge in [0.15, 0.2) is 0 Å². The third kappa shape index (κ3) is 7.80. The second-order valence-corrected chi connectivity index (χ2v) is 9.16. The van der Waals surface area contributed by atoms with Gasteiger partial charge in [0, 0.05) is 19.4 Å². The molecule has 1 unspecified atom stereocenters. The normalized spacial score (nSPS) is 17.8. The lowest BCUT2D eigenvalue weighted by atomic mass is 9.82. The molecular formula is C22H37N3O5. The molecule has 0 spiro atoms. The minimum Gasteiger partial charge on any atom is -0.434 e. The highest BCUT2D eigenvalue weighted by molar-refractivity contribution is 5.93. The van der Waals surface area contributed by atoms with Crippen molar-refractivity contribution in [1.29, 1.82) is 0 Å². The van der Waals surface area contributed by atoms with Gasteiger partial charge in [-0.05, 0) is 24.2 Å². The topological polar surface area (TPSA) is 114 Å². The van der Waals surface area contributed by atoms with Crippen LogP contribution in [0.2, 0.25) is 0 Å². The Morgan fingerprint density at radius 1 is 1.07 bits per heavy atom. The van der Waals surface area contributed by atoms with Crippen molar-refractivity contribution in [2.45, 2.75) is 78.3 Å². The summed E-state index contributed by atoms with van der Waals surface area (Å²) in [4.78, 5) is 48.7. The maximum absolute atomic E-state index is 13.2. The summed E-state index contributed by atoms with van der Waals surface area (Å²) < 4.78 is 4.66. The summed E-state index contributed by atoms with van der Waals surface area (Å²) in [6.07, 6.45) is 5.16. The molecule has 8 heteroatoms. The Labute approximate surface area is 179 Å². The number of amides is 3. The highest BCUT2D eigenvalue weighted by Gasteiger charge is 2.37. The fourth-order valence-electron chi connectivity index (χ4n) is 3.77. The molecule has 8 nitrogen and oxygen atoms in total. The minimum atomic E-state index is -0.830. The molecule has 3 amide bonds. The first kappa shape index (κ1) is 25.7. The summed E-state index contributed by atoms with van der Waals surface area (Å²) in [6.45, 7) is 11.1. The van der Waals surface area contributed by atoms with E-state index in [0.29, 0.717) is 0 Å². The number of ether oxygens (including phenoxy) is 1. The van der Waals surface area contributed by atoms with Crippen LogP contribution in [-0.2, 0) is 23.9 Å². The highest BCUT2D eigenvalue weighted by Crippen LogP contribution is 2.27. The van der Waals surface area contributed by atoms with E-state index in [1.165, 1.54) is 0 Å². The smallest absolute Gasteiger partial charge is 0.298 e. The third-order valence-corrected chi connectivity index (χ3v) is 5.56. The number of allylic oxidation sites excluding steroid dienone is 1. The second-order valence-electron chi connectivity index (χ2n) is 9.16. The molecular weight excluding hydrogens is 386 g/mol. The van der Waals surface area contributed by atoms with E-state index in [4.69, 9.17) is 0 Å². The van der Waals surface area contributed by atoms with Crippen LogP contribution in [0.4, 0.5) is 0 Å². The molecule has 1 aliphatic carbocycles. The predicted octanol–water partition coefficient (Wildman–Crippen LogP) is 2.04. The number of likely N-dealkylation sites (N-methyl/N-ethyl adjacent to an activating group) is 1. The first-order valence-electron chi connectivity index (χ1n) is 10.6. The molecule has 170 valence electrons. The quantitative estimate of drug-likeness (QED) is 0.368. The second kappa shape index (κ2) is 11.7. The Morgan fingerprint density at radius 2 is 1.67 bits per heavy atom. The van der Waals surface area contributed by atoms with Crippen LogP contribution in [0, 0.1) is 17.3 Å². The van der Waals surface area contributed by atoms with Gasteiger partial charge < -0.3 is 20.7 Å². The van der Waals surface area contributed by atoms with Crippen LogP contribution < -0.4 is 16.0 Å². The first-order chi connectivity index (χ1) is 14.0. The summed E-state index contributed by atoms with van der Waals surface area (Å²) in [7, 11) is 1.56. The number of rotatable bonds is 10. The Bertz CT molecular complexity index is 635. The van der Waals surface area contributed by atoms with Crippen LogP contribution in [0.1, 0.15) is 66.2 Å². The molecule has 1 fully saturated rings. The number of carbonyl (C=O) groups is 4. The van der Waals surface area contributed by atoms with E-state index < -0.39 is 23.4 Å². The van der Waals surface area contributed by atoms with E-state index >= 15 is 0 Å². The van der Waals surface area contributed by atoms with Crippen molar-refractivity contribution >= 4 is 24.2 Å². The van der Waals surface area contributed by atoms with Gasteiger partial charge in [-0.25, -0.2) is 0 Å². The summed E-state index contributed by atoms with van der Waals surface area (Å²) in [5.74, 6) is -1.23. The summed E-state index contributed by atoms with van der Waals surface area (Å²) in [5.41, 5.74) is -0.574. The van der Waals surface area contributed by atoms with Crippen LogP contribution in [-0.4, -0.2) is 43.3 Å². The molecule has 0 aliphatic heterocycles. The number of nitrogens with one attached hydrogen (secondary N) is 3. The summed E-state index contributed by atoms with van der Waals surface area (Å²) in [5, 5.41) is 8.34. The van der Waals surface area contributed by atoms with Gasteiger partial charge in [0.2, 0.25) is 17.7 Å². The summed E-state index contributed by atoms with van der Waals surface area (Å²) >= 11 is 0. The van der Waals surface area contributed by atoms with Crippen LogP contribution in [0.25, 0.3) is 0 Å². The Morgan fingerprint density at radius 3 is 2.17 bits per heavy atom. The lowest BCUT2D eigenvalue weighted by molar-refractivity contribution is -0.136. The molecule has 3 N–H and O–H groups in total. The molecule has 30 heavy (non-hydrogen) atoms. The Hall–Kier alpha value is -2.38. The molecule has 1 rings (SSSR count). The van der Waals surface area contributed by atoms with Crippen molar-refractivity contribution in [3.05, 3.63) is 12.3 Å². The monoisotopic (exact) mass is 423 g/mol. The van der Waals surface area contributed by atoms with Crippen molar-refractivity contribution in [3.63, 3.8) is 0 Å². The average molecular weight is 424 g/mol. The van der Waals surface area contributed by atoms with Crippen molar-refractivity contribution in [2.24, 2.45) is 17.3 Å². The zero-order valence-corrected chi connectivity index (χ0v) is 18.9. The van der Waals surface area contributed by atoms with Crippen LogP contribution >= 0.6 is 0 Å². The molecule has 1 saturated carbocycles. The van der Waals surface area contributed by atoms with Gasteiger partial charge >= 0.3 is 0 Å². The molecule has 0 bridgehead atoms. The fourth-order valence-corrected chi connectivity index (χ4v) is 3.77. The first-order valence-corrected chi connectivity index (χ1v) is 10.6. The molecule has 0 radical (unpaired) electrons. The standard InChI is InChI=1S/C22H37N3O5/c1-14(12-15(2)30-13-26)19(27)25-18(22(3,4)5)21(29)24-17(20(28)23-6)16-10-8-7-9-11-16/h13-14,16-18H,2,7-12H2,1,3-6H3,(H,23,28)(H,24,29)(H,25,27)/t14?,17-,18+/m0/s1. The SMILES string of the molecule is C=C(CC(C)C(=O)N[C@H](C(=O)N[C@H](C(=O)NC)C1CCCCC1)C(C)(C)C)OC=O. The highest BCUT2D eigenvalue weighted by atomic mass is 16.5. The zero-order chi connectivity index (χ0) is 22.9. The predicted molar refractivity (Wildman–Crippen MR) is 114 cm³/mol. The van der Waals surface area contributed by atoms with Crippen molar-refractivity contribution < 1.29 is 23.9 Å². The van der Waals surface area contributed by atoms with Gasteiger partial charge in [0.1, 0.15) is 17.8 Å². The van der Waals surface area contributed by atoms with Crippen molar-refractivity contribution in [3.8, 4) is 0 Å². The maximum atomic E-state index is 13.2. The van der Waals surface area contributed by atoms with Crippen LogP contribution in [0.3, 0.4) is 0 Å². The molecule has 0 aromatic heterocycles. The largest absolute Gasteiger partial charge is 0.434 e. The lowest BCUT2D eigenvalue weighted by Crippen LogP contribution is -2.59. The molecule has 0 heterocycles. The van der Waals surface area contributed by atoms with E-state index in [1.807, 2.05) is 20.8 Å². The van der Waals surface area contributed by atoms with Gasteiger partial charge in [-0.3, -0.25) is 19.2 Å². The van der Waals surface area contributed by atoms with E-state index in [-0.39, 0.29) is 42.3 Å². The number of hydrogen-bond acceptors (Lipinski definition) is 5. The van der Waals surface area contributed by atoms with Gasteiger partial charge in [-0.15, -0.1) is 0 Å². The number of carbonyl (C=O) groups excluding carboxylic acids is 4. The third-order valence-electron chi connectivity index (χ3n) is 5.56. The lowest BCUT2D eigenvalue weighted by Gasteiger charge is -2.35. The van der Waals surface area contributed by atoms with E-state index in [0.717, 1.165) is 32.1 Å². The Balaban J connectivity index is 2.91. The van der Waals surface area contributed by atoms with Crippen molar-refractivity contribution in [1.82, 2.24) is 16.0 Å². The van der Waals surface area contributed by atoms with E-state index in [9.17, 15) is 19.2 Å². The maximum Gasteiger partial charge on any atom is 0.298 e. The van der Waals surface area contributed by atoms with E-state index in [2.05, 4.69) is 27.3 Å². The summed E-state index contributed by atoms with van der Waals surface area (Å²) in [6, 6.07) is -1.45. The average Bonchev–Trinajstić information content (AvgIpc) is 2.69. The van der Waals surface area contributed by atoms with Gasteiger partial charge in [0.05, 0.1) is 0 Å². The van der Waals surface area contributed by atoms with Gasteiger partial charge in [-0.2, -0.15) is 0 Å². The van der Waals surface area contributed by atoms with Crippen molar-refractivity contribution in [2.75, 3.05) is 7.05 Å². The molecule has 0 saturated heterocycles. The van der Waals surface area contributed by atoms with Gasteiger partial charge in [-0.1, -0.05) is 53.5 Å². The van der Waals surface area contributed by atoms with Gasteiger partial charge in [0.25, 0.3) is 6.47 Å². The van der Waals surface area contributed by atoms with Crippen LogP contribution in [0.5, 0.6) is 0 Å². The number of hydrogen-bond donors (Lipinski definition) is 3. The minimum absolute atomic E-state index is 0.0849. The molecule has 0 aromatic carbocycles.